The number of benzene rings is 1. The number of nitrogen functional groups attached to an aromatic ring is 1. The summed E-state index contributed by atoms with van der Waals surface area (Å²) in [5.74, 6) is -1.33. The third-order valence-corrected chi connectivity index (χ3v) is 2.51. The van der Waals surface area contributed by atoms with Crippen LogP contribution < -0.4 is 5.73 Å². The van der Waals surface area contributed by atoms with Crippen LogP contribution in [-0.2, 0) is 0 Å². The molecule has 0 aliphatic rings. The number of hydrogen-bond acceptors (Lipinski definition) is 3. The quantitative estimate of drug-likeness (QED) is 0.784. The minimum Gasteiger partial charge on any atom is -0.367 e. The zero-order valence-electron chi connectivity index (χ0n) is 8.22. The minimum absolute atomic E-state index is 0.0279. The Hall–Kier alpha value is -1.62. The molecule has 0 fully saturated rings. The molecule has 0 radical (unpaired) electrons. The first-order valence-corrected chi connectivity index (χ1v) is 4.75. The second-order valence-corrected chi connectivity index (χ2v) is 3.67. The molecule has 0 saturated carbocycles. The third kappa shape index (κ3) is 1.63. The topological polar surface area (TPSA) is 52.0 Å². The molecule has 16 heavy (non-hydrogen) atoms. The van der Waals surface area contributed by atoms with Crippen LogP contribution in [0.15, 0.2) is 16.7 Å². The summed E-state index contributed by atoms with van der Waals surface area (Å²) in [7, 11) is 0. The van der Waals surface area contributed by atoms with Crippen LogP contribution in [0, 0.1) is 18.6 Å². The van der Waals surface area contributed by atoms with Crippen molar-refractivity contribution in [2.24, 2.45) is 0 Å². The molecule has 3 nitrogen and oxygen atoms in total. The molecule has 1 heterocycles. The second kappa shape index (κ2) is 3.75. The third-order valence-electron chi connectivity index (χ3n) is 2.23. The number of rotatable bonds is 1. The Labute approximate surface area is 94.8 Å². The molecule has 84 valence electrons. The van der Waals surface area contributed by atoms with E-state index in [1.165, 1.54) is 0 Å². The van der Waals surface area contributed by atoms with Gasteiger partial charge in [0.15, 0.2) is 0 Å². The van der Waals surface area contributed by atoms with Crippen LogP contribution in [0.1, 0.15) is 5.56 Å². The van der Waals surface area contributed by atoms with E-state index < -0.39 is 11.6 Å². The van der Waals surface area contributed by atoms with Crippen LogP contribution in [0.2, 0.25) is 5.02 Å². The minimum atomic E-state index is -0.723. The Bertz CT molecular complexity index is 554. The largest absolute Gasteiger partial charge is 0.367 e. The van der Waals surface area contributed by atoms with E-state index in [0.29, 0.717) is 5.56 Å². The molecule has 1 aromatic carbocycles. The van der Waals surface area contributed by atoms with E-state index >= 15 is 0 Å². The molecule has 0 unspecified atom stereocenters. The fourth-order valence-corrected chi connectivity index (χ4v) is 1.45. The standard InChI is InChI=1S/C10H7ClF2N2O/c1-4-9(15-16-10(4)14)5-2-8(13)6(11)3-7(5)12/h2-3H,14H2,1H3. The van der Waals surface area contributed by atoms with E-state index in [0.717, 1.165) is 12.1 Å². The van der Waals surface area contributed by atoms with Crippen LogP contribution in [-0.4, -0.2) is 5.16 Å². The van der Waals surface area contributed by atoms with Gasteiger partial charge in [-0.15, -0.1) is 0 Å². The zero-order chi connectivity index (χ0) is 11.9. The summed E-state index contributed by atoms with van der Waals surface area (Å²) in [5, 5.41) is 3.29. The molecular weight excluding hydrogens is 238 g/mol. The van der Waals surface area contributed by atoms with Gasteiger partial charge in [-0.25, -0.2) is 8.78 Å². The van der Waals surface area contributed by atoms with Crippen molar-refractivity contribution in [2.75, 3.05) is 5.73 Å². The molecule has 0 saturated heterocycles. The lowest BCUT2D eigenvalue weighted by Gasteiger charge is -2.01. The maximum atomic E-state index is 13.5. The number of nitrogens with zero attached hydrogens (tertiary/aromatic N) is 1. The smallest absolute Gasteiger partial charge is 0.225 e. The van der Waals surface area contributed by atoms with Crippen molar-refractivity contribution < 1.29 is 13.3 Å². The summed E-state index contributed by atoms with van der Waals surface area (Å²) in [6.45, 7) is 1.60. The van der Waals surface area contributed by atoms with Crippen LogP contribution >= 0.6 is 11.6 Å². The predicted octanol–water partition coefficient (Wildman–Crippen LogP) is 3.16. The van der Waals surface area contributed by atoms with Gasteiger partial charge in [0.1, 0.15) is 17.3 Å². The monoisotopic (exact) mass is 244 g/mol. The van der Waals surface area contributed by atoms with Crippen LogP contribution in [0.3, 0.4) is 0 Å². The van der Waals surface area contributed by atoms with E-state index in [4.69, 9.17) is 17.3 Å². The Kier molecular flexibility index (Phi) is 2.55. The van der Waals surface area contributed by atoms with E-state index in [1.807, 2.05) is 0 Å². The highest BCUT2D eigenvalue weighted by atomic mass is 35.5. The Morgan fingerprint density at radius 1 is 1.31 bits per heavy atom. The summed E-state index contributed by atoms with van der Waals surface area (Å²) in [5.41, 5.74) is 6.03. The molecule has 2 rings (SSSR count). The number of nitrogens with two attached hydrogens (primary N) is 1. The first-order chi connectivity index (χ1) is 7.50. The molecule has 0 aliphatic carbocycles. The highest BCUT2D eigenvalue weighted by Crippen LogP contribution is 2.31. The lowest BCUT2D eigenvalue weighted by Crippen LogP contribution is -1.91. The van der Waals surface area contributed by atoms with Crippen molar-refractivity contribution in [3.8, 4) is 11.3 Å². The number of hydrogen-bond donors (Lipinski definition) is 1. The van der Waals surface area contributed by atoms with Gasteiger partial charge in [0.05, 0.1) is 5.02 Å². The van der Waals surface area contributed by atoms with Crippen molar-refractivity contribution in [2.45, 2.75) is 6.92 Å². The van der Waals surface area contributed by atoms with Crippen molar-refractivity contribution in [3.05, 3.63) is 34.4 Å². The summed E-state index contributed by atoms with van der Waals surface area (Å²) < 4.78 is 31.4. The van der Waals surface area contributed by atoms with Crippen LogP contribution in [0.25, 0.3) is 11.3 Å². The lowest BCUT2D eigenvalue weighted by atomic mass is 10.1. The number of anilines is 1. The first-order valence-electron chi connectivity index (χ1n) is 4.37. The van der Waals surface area contributed by atoms with Gasteiger partial charge in [-0.05, 0) is 19.1 Å². The molecule has 0 atom stereocenters. The molecule has 2 N–H and O–H groups in total. The molecule has 0 aliphatic heterocycles. The normalized spacial score (nSPS) is 10.8. The maximum absolute atomic E-state index is 13.5. The maximum Gasteiger partial charge on any atom is 0.225 e. The van der Waals surface area contributed by atoms with E-state index in [1.54, 1.807) is 6.92 Å². The van der Waals surface area contributed by atoms with Gasteiger partial charge in [0, 0.05) is 11.1 Å². The molecule has 2 aromatic rings. The van der Waals surface area contributed by atoms with Gasteiger partial charge < -0.3 is 10.3 Å². The predicted molar refractivity (Wildman–Crippen MR) is 56.0 cm³/mol. The van der Waals surface area contributed by atoms with Gasteiger partial charge in [-0.2, -0.15) is 0 Å². The zero-order valence-corrected chi connectivity index (χ0v) is 8.98. The van der Waals surface area contributed by atoms with Crippen molar-refractivity contribution in [1.82, 2.24) is 5.16 Å². The van der Waals surface area contributed by atoms with Crippen LogP contribution in [0.5, 0.6) is 0 Å². The number of halogens is 3. The van der Waals surface area contributed by atoms with Gasteiger partial charge in [0.25, 0.3) is 0 Å². The molecule has 6 heteroatoms. The van der Waals surface area contributed by atoms with Gasteiger partial charge in [-0.1, -0.05) is 16.8 Å². The second-order valence-electron chi connectivity index (χ2n) is 3.27. The first kappa shape index (κ1) is 10.9. The van der Waals surface area contributed by atoms with E-state index in [9.17, 15) is 8.78 Å². The fourth-order valence-electron chi connectivity index (χ4n) is 1.30. The average Bonchev–Trinajstić information content (AvgIpc) is 2.54. The average molecular weight is 245 g/mol. The molecule has 1 aromatic heterocycles. The summed E-state index contributed by atoms with van der Waals surface area (Å²) in [6, 6.07) is 1.85. The van der Waals surface area contributed by atoms with Crippen molar-refractivity contribution >= 4 is 17.5 Å². The molecule has 0 amide bonds. The summed E-state index contributed by atoms with van der Waals surface area (Å²) >= 11 is 5.43. The Morgan fingerprint density at radius 3 is 2.56 bits per heavy atom. The van der Waals surface area contributed by atoms with Gasteiger partial charge >= 0.3 is 0 Å². The van der Waals surface area contributed by atoms with Crippen molar-refractivity contribution in [3.63, 3.8) is 0 Å². The van der Waals surface area contributed by atoms with Crippen molar-refractivity contribution in [1.29, 1.82) is 0 Å². The van der Waals surface area contributed by atoms with Gasteiger partial charge in [0.2, 0.25) is 5.88 Å². The highest BCUT2D eigenvalue weighted by Gasteiger charge is 2.17. The molecular formula is C10H7ClF2N2O. The molecule has 0 spiro atoms. The summed E-state index contributed by atoms with van der Waals surface area (Å²) in [4.78, 5) is 0. The summed E-state index contributed by atoms with van der Waals surface area (Å²) in [6.07, 6.45) is 0. The molecule has 0 bridgehead atoms. The Balaban J connectivity index is 2.65. The van der Waals surface area contributed by atoms with Crippen LogP contribution in [0.4, 0.5) is 14.7 Å². The highest BCUT2D eigenvalue weighted by molar-refractivity contribution is 6.30. The number of aromatic nitrogens is 1. The van der Waals surface area contributed by atoms with E-state index in [-0.39, 0.29) is 22.2 Å². The Morgan fingerprint density at radius 2 is 2.00 bits per heavy atom. The van der Waals surface area contributed by atoms with Gasteiger partial charge in [-0.3, -0.25) is 0 Å². The van der Waals surface area contributed by atoms with E-state index in [2.05, 4.69) is 9.68 Å². The SMILES string of the molecule is Cc1c(-c2cc(F)c(Cl)cc2F)noc1N. The lowest BCUT2D eigenvalue weighted by molar-refractivity contribution is 0.438. The fraction of sp³-hybridized carbons (Fsp3) is 0.100.